The van der Waals surface area contributed by atoms with Crippen molar-refractivity contribution in [2.24, 2.45) is 0 Å². The molecule has 1 amide bonds. The lowest BCUT2D eigenvalue weighted by Gasteiger charge is -2.18. The maximum absolute atomic E-state index is 12.0. The Morgan fingerprint density at radius 2 is 1.84 bits per heavy atom. The minimum Gasteiger partial charge on any atom is -0.494 e. The van der Waals surface area contributed by atoms with Crippen molar-refractivity contribution in [2.45, 2.75) is 39.7 Å². The van der Waals surface area contributed by atoms with Gasteiger partial charge in [-0.3, -0.25) is 4.79 Å². The van der Waals surface area contributed by atoms with E-state index in [1.807, 2.05) is 49.4 Å². The Bertz CT molecular complexity index is 724. The molecular weight excluding hydrogens is 310 g/mol. The van der Waals surface area contributed by atoms with Crippen LogP contribution in [0.25, 0.3) is 6.08 Å². The fourth-order valence-corrected chi connectivity index (χ4v) is 2.43. The quantitative estimate of drug-likeness (QED) is 0.775. The lowest BCUT2D eigenvalue weighted by molar-refractivity contribution is -0.116. The molecule has 1 N–H and O–H groups in total. The van der Waals surface area contributed by atoms with Crippen molar-refractivity contribution in [3.8, 4) is 5.75 Å². The fraction of sp³-hybridized carbons (Fsp3) is 0.318. The SMILES string of the molecule is CCOc1cccc(CNC(=O)/C=C/c2ccc(C(C)(C)C)cc2)c1. The van der Waals surface area contributed by atoms with Crippen LogP contribution in [0, 0.1) is 0 Å². The van der Waals surface area contributed by atoms with Gasteiger partial charge in [-0.15, -0.1) is 0 Å². The summed E-state index contributed by atoms with van der Waals surface area (Å²) < 4.78 is 5.47. The van der Waals surface area contributed by atoms with Gasteiger partial charge in [-0.05, 0) is 47.2 Å². The minimum atomic E-state index is -0.110. The molecule has 0 spiro atoms. The molecule has 0 saturated carbocycles. The fourth-order valence-electron chi connectivity index (χ4n) is 2.43. The van der Waals surface area contributed by atoms with Crippen LogP contribution in [-0.4, -0.2) is 12.5 Å². The van der Waals surface area contributed by atoms with Crippen LogP contribution < -0.4 is 10.1 Å². The van der Waals surface area contributed by atoms with Crippen LogP contribution in [0.2, 0.25) is 0 Å². The first-order chi connectivity index (χ1) is 11.9. The van der Waals surface area contributed by atoms with Gasteiger partial charge in [0.05, 0.1) is 6.61 Å². The van der Waals surface area contributed by atoms with Gasteiger partial charge in [-0.1, -0.05) is 57.2 Å². The Hall–Kier alpha value is -2.55. The van der Waals surface area contributed by atoms with Gasteiger partial charge in [0.1, 0.15) is 5.75 Å². The number of benzene rings is 2. The van der Waals surface area contributed by atoms with Crippen molar-refractivity contribution in [3.05, 3.63) is 71.3 Å². The van der Waals surface area contributed by atoms with Gasteiger partial charge in [0.15, 0.2) is 0 Å². The molecule has 0 aliphatic carbocycles. The second-order valence-electron chi connectivity index (χ2n) is 7.00. The Morgan fingerprint density at radius 3 is 2.48 bits per heavy atom. The summed E-state index contributed by atoms with van der Waals surface area (Å²) in [5.41, 5.74) is 3.45. The molecule has 2 rings (SSSR count). The predicted molar refractivity (Wildman–Crippen MR) is 104 cm³/mol. The smallest absolute Gasteiger partial charge is 0.244 e. The normalized spacial score (nSPS) is 11.5. The zero-order chi connectivity index (χ0) is 18.3. The summed E-state index contributed by atoms with van der Waals surface area (Å²) in [5, 5.41) is 2.89. The number of rotatable bonds is 6. The van der Waals surface area contributed by atoms with E-state index in [2.05, 4.69) is 38.2 Å². The summed E-state index contributed by atoms with van der Waals surface area (Å²) in [5.74, 6) is 0.713. The van der Waals surface area contributed by atoms with E-state index in [4.69, 9.17) is 4.74 Å². The van der Waals surface area contributed by atoms with E-state index < -0.39 is 0 Å². The highest BCUT2D eigenvalue weighted by Crippen LogP contribution is 2.22. The van der Waals surface area contributed by atoms with E-state index >= 15 is 0 Å². The summed E-state index contributed by atoms with van der Waals surface area (Å²) in [4.78, 5) is 12.0. The molecule has 132 valence electrons. The van der Waals surface area contributed by atoms with Gasteiger partial charge < -0.3 is 10.1 Å². The van der Waals surface area contributed by atoms with E-state index in [0.29, 0.717) is 13.2 Å². The van der Waals surface area contributed by atoms with Crippen molar-refractivity contribution < 1.29 is 9.53 Å². The van der Waals surface area contributed by atoms with E-state index in [9.17, 15) is 4.79 Å². The van der Waals surface area contributed by atoms with Gasteiger partial charge in [0.2, 0.25) is 5.91 Å². The maximum Gasteiger partial charge on any atom is 0.244 e. The van der Waals surface area contributed by atoms with E-state index in [1.165, 1.54) is 5.56 Å². The molecule has 0 aliphatic heterocycles. The Morgan fingerprint density at radius 1 is 1.12 bits per heavy atom. The molecular formula is C22H27NO2. The van der Waals surface area contributed by atoms with Crippen molar-refractivity contribution in [2.75, 3.05) is 6.61 Å². The zero-order valence-electron chi connectivity index (χ0n) is 15.5. The molecule has 0 radical (unpaired) electrons. The monoisotopic (exact) mass is 337 g/mol. The van der Waals surface area contributed by atoms with Crippen LogP contribution in [0.4, 0.5) is 0 Å². The van der Waals surface area contributed by atoms with E-state index in [0.717, 1.165) is 16.9 Å². The third-order valence-electron chi connectivity index (χ3n) is 3.88. The lowest BCUT2D eigenvalue weighted by atomic mass is 9.87. The predicted octanol–water partition coefficient (Wildman–Crippen LogP) is 4.71. The van der Waals surface area contributed by atoms with Crippen LogP contribution in [-0.2, 0) is 16.8 Å². The van der Waals surface area contributed by atoms with Crippen LogP contribution in [0.15, 0.2) is 54.6 Å². The van der Waals surface area contributed by atoms with Gasteiger partial charge in [0.25, 0.3) is 0 Å². The standard InChI is InChI=1S/C22H27NO2/c1-5-25-20-8-6-7-18(15-20)16-23-21(24)14-11-17-9-12-19(13-10-17)22(2,3)4/h6-15H,5,16H2,1-4H3,(H,23,24)/b14-11+. The number of carbonyl (C=O) groups excluding carboxylic acids is 1. The third-order valence-corrected chi connectivity index (χ3v) is 3.88. The lowest BCUT2D eigenvalue weighted by Crippen LogP contribution is -2.20. The first-order valence-corrected chi connectivity index (χ1v) is 8.66. The van der Waals surface area contributed by atoms with Gasteiger partial charge in [-0.2, -0.15) is 0 Å². The molecule has 0 atom stereocenters. The summed E-state index contributed by atoms with van der Waals surface area (Å²) in [6.07, 6.45) is 3.40. The number of ether oxygens (including phenoxy) is 1. The molecule has 0 saturated heterocycles. The summed E-state index contributed by atoms with van der Waals surface area (Å²) in [6, 6.07) is 16.0. The average molecular weight is 337 g/mol. The molecule has 0 heterocycles. The molecule has 0 fully saturated rings. The molecule has 3 heteroatoms. The van der Waals surface area contributed by atoms with Crippen LogP contribution in [0.1, 0.15) is 44.4 Å². The van der Waals surface area contributed by atoms with Crippen molar-refractivity contribution in [1.82, 2.24) is 5.32 Å². The highest BCUT2D eigenvalue weighted by Gasteiger charge is 2.12. The first kappa shape index (κ1) is 18.8. The van der Waals surface area contributed by atoms with Gasteiger partial charge in [-0.25, -0.2) is 0 Å². The Labute approximate surface area is 150 Å². The van der Waals surface area contributed by atoms with Gasteiger partial charge >= 0.3 is 0 Å². The first-order valence-electron chi connectivity index (χ1n) is 8.66. The Balaban J connectivity index is 1.89. The highest BCUT2D eigenvalue weighted by atomic mass is 16.5. The highest BCUT2D eigenvalue weighted by molar-refractivity contribution is 5.91. The minimum absolute atomic E-state index is 0.110. The summed E-state index contributed by atoms with van der Waals surface area (Å²) >= 11 is 0. The molecule has 2 aromatic rings. The van der Waals surface area contributed by atoms with Crippen LogP contribution in [0.3, 0.4) is 0 Å². The van der Waals surface area contributed by atoms with Crippen LogP contribution >= 0.6 is 0 Å². The summed E-state index contributed by atoms with van der Waals surface area (Å²) in [7, 11) is 0. The van der Waals surface area contributed by atoms with Gasteiger partial charge in [0, 0.05) is 12.6 Å². The molecule has 0 unspecified atom stereocenters. The van der Waals surface area contributed by atoms with Crippen LogP contribution in [0.5, 0.6) is 5.75 Å². The molecule has 0 aromatic heterocycles. The molecule has 2 aromatic carbocycles. The van der Waals surface area contributed by atoms with Crippen molar-refractivity contribution in [1.29, 1.82) is 0 Å². The number of hydrogen-bond donors (Lipinski definition) is 1. The second-order valence-corrected chi connectivity index (χ2v) is 7.00. The number of amides is 1. The molecule has 0 aliphatic rings. The van der Waals surface area contributed by atoms with Crippen molar-refractivity contribution in [3.63, 3.8) is 0 Å². The van der Waals surface area contributed by atoms with Crippen molar-refractivity contribution >= 4 is 12.0 Å². The average Bonchev–Trinajstić information content (AvgIpc) is 2.58. The van der Waals surface area contributed by atoms with E-state index in [1.54, 1.807) is 6.08 Å². The second kappa shape index (κ2) is 8.52. The number of hydrogen-bond acceptors (Lipinski definition) is 2. The third kappa shape index (κ3) is 6.11. The number of carbonyl (C=O) groups is 1. The maximum atomic E-state index is 12.0. The van der Waals surface area contributed by atoms with E-state index in [-0.39, 0.29) is 11.3 Å². The molecule has 0 bridgehead atoms. The topological polar surface area (TPSA) is 38.3 Å². The largest absolute Gasteiger partial charge is 0.494 e. The number of nitrogens with one attached hydrogen (secondary N) is 1. The zero-order valence-corrected chi connectivity index (χ0v) is 15.5. The molecule has 3 nitrogen and oxygen atoms in total. The Kier molecular flexibility index (Phi) is 6.40. The molecule has 25 heavy (non-hydrogen) atoms. The summed E-state index contributed by atoms with van der Waals surface area (Å²) in [6.45, 7) is 9.62.